The van der Waals surface area contributed by atoms with Gasteiger partial charge in [0.2, 0.25) is 11.8 Å². The lowest BCUT2D eigenvalue weighted by Gasteiger charge is -2.30. The molecule has 0 radical (unpaired) electrons. The number of rotatable bonds is 8. The van der Waals surface area contributed by atoms with Gasteiger partial charge < -0.3 is 20.7 Å². The van der Waals surface area contributed by atoms with Crippen molar-refractivity contribution in [3.8, 4) is 0 Å². The van der Waals surface area contributed by atoms with Gasteiger partial charge in [0.05, 0.1) is 5.60 Å². The molecule has 0 spiro atoms. The maximum atomic E-state index is 12.7. The third-order valence-electron chi connectivity index (χ3n) is 5.09. The normalized spacial score (nSPS) is 15.9. The van der Waals surface area contributed by atoms with Crippen molar-refractivity contribution in [3.63, 3.8) is 0 Å². The minimum Gasteiger partial charge on any atom is -0.388 e. The number of amides is 2. The zero-order chi connectivity index (χ0) is 19.3. The van der Waals surface area contributed by atoms with Crippen molar-refractivity contribution >= 4 is 22.7 Å². The number of carbonyl (C=O) groups excluding carboxylic acids is 2. The Morgan fingerprint density at radius 1 is 1.31 bits per heavy atom. The fourth-order valence-corrected chi connectivity index (χ4v) is 2.98. The molecule has 2 amide bonds. The van der Waals surface area contributed by atoms with Crippen molar-refractivity contribution in [3.05, 3.63) is 36.0 Å². The van der Waals surface area contributed by atoms with Gasteiger partial charge in [0.15, 0.2) is 0 Å². The van der Waals surface area contributed by atoms with Crippen LogP contribution >= 0.6 is 0 Å². The van der Waals surface area contributed by atoms with Gasteiger partial charge in [-0.15, -0.1) is 0 Å². The number of para-hydroxylation sites is 1. The summed E-state index contributed by atoms with van der Waals surface area (Å²) in [6.07, 6.45) is 3.05. The quantitative estimate of drug-likeness (QED) is 0.581. The lowest BCUT2D eigenvalue weighted by atomic mass is 9.88. The molecule has 0 aliphatic heterocycles. The minimum absolute atomic E-state index is 0.0515. The molecule has 2 rings (SSSR count). The first-order valence-corrected chi connectivity index (χ1v) is 9.06. The Hall–Kier alpha value is -2.34. The summed E-state index contributed by atoms with van der Waals surface area (Å²) in [6.45, 7) is 7.20. The number of carbonyl (C=O) groups is 2. The molecular weight excluding hydrogens is 330 g/mol. The lowest BCUT2D eigenvalue weighted by Crippen LogP contribution is -2.52. The molecular formula is C20H29N3O3. The topological polar surface area (TPSA) is 94.2 Å². The number of aliphatic hydroxyl groups is 1. The number of H-pyrrole nitrogens is 1. The Morgan fingerprint density at radius 2 is 2.00 bits per heavy atom. The highest BCUT2D eigenvalue weighted by molar-refractivity contribution is 5.89. The summed E-state index contributed by atoms with van der Waals surface area (Å²) in [5, 5.41) is 17.0. The highest BCUT2D eigenvalue weighted by Crippen LogP contribution is 2.20. The van der Waals surface area contributed by atoms with Crippen LogP contribution in [0.2, 0.25) is 0 Å². The van der Waals surface area contributed by atoms with Gasteiger partial charge in [0, 0.05) is 37.0 Å². The van der Waals surface area contributed by atoms with Crippen LogP contribution in [0.5, 0.6) is 0 Å². The van der Waals surface area contributed by atoms with Gasteiger partial charge in [0.1, 0.15) is 6.04 Å². The standard InChI is InChI=1S/C20H29N3O3/c1-5-13(2)20(4,26)12-22-19(25)18(23-14(3)24)10-15-11-21-17-9-7-6-8-16(15)17/h6-9,11,13,18,21,26H,5,10,12H2,1-4H3,(H,22,25)(H,23,24). The Labute approximate surface area is 154 Å². The predicted octanol–water partition coefficient (Wildman–Crippen LogP) is 2.13. The Balaban J connectivity index is 2.11. The minimum atomic E-state index is -0.994. The highest BCUT2D eigenvalue weighted by Gasteiger charge is 2.29. The van der Waals surface area contributed by atoms with Gasteiger partial charge in [0.25, 0.3) is 0 Å². The summed E-state index contributed by atoms with van der Waals surface area (Å²) in [6, 6.07) is 7.14. The van der Waals surface area contributed by atoms with Crippen LogP contribution in [0.1, 0.15) is 39.7 Å². The second-order valence-electron chi connectivity index (χ2n) is 7.20. The molecule has 26 heavy (non-hydrogen) atoms. The van der Waals surface area contributed by atoms with E-state index in [9.17, 15) is 14.7 Å². The third-order valence-corrected chi connectivity index (χ3v) is 5.09. The molecule has 2 aromatic rings. The van der Waals surface area contributed by atoms with Crippen molar-refractivity contribution in [2.24, 2.45) is 5.92 Å². The molecule has 1 aromatic carbocycles. The summed E-state index contributed by atoms with van der Waals surface area (Å²) in [4.78, 5) is 27.4. The number of fused-ring (bicyclic) bond motifs is 1. The maximum absolute atomic E-state index is 12.7. The zero-order valence-electron chi connectivity index (χ0n) is 15.9. The molecule has 0 aliphatic rings. The number of nitrogens with one attached hydrogen (secondary N) is 3. The molecule has 0 bridgehead atoms. The van der Waals surface area contributed by atoms with E-state index >= 15 is 0 Å². The highest BCUT2D eigenvalue weighted by atomic mass is 16.3. The Bertz CT molecular complexity index is 767. The molecule has 3 unspecified atom stereocenters. The molecule has 1 heterocycles. The molecule has 142 valence electrons. The summed E-state index contributed by atoms with van der Waals surface area (Å²) < 4.78 is 0. The summed E-state index contributed by atoms with van der Waals surface area (Å²) in [5.41, 5.74) is 0.957. The fourth-order valence-electron chi connectivity index (χ4n) is 2.98. The van der Waals surface area contributed by atoms with Crippen LogP contribution in [0.3, 0.4) is 0 Å². The SMILES string of the molecule is CCC(C)C(C)(O)CNC(=O)C(Cc1c[nH]c2ccccc12)NC(C)=O. The number of benzene rings is 1. The number of aromatic nitrogens is 1. The summed E-state index contributed by atoms with van der Waals surface area (Å²) in [7, 11) is 0. The predicted molar refractivity (Wildman–Crippen MR) is 103 cm³/mol. The number of hydrogen-bond donors (Lipinski definition) is 4. The van der Waals surface area contributed by atoms with Crippen molar-refractivity contribution in [1.29, 1.82) is 0 Å². The van der Waals surface area contributed by atoms with E-state index in [0.717, 1.165) is 22.9 Å². The molecule has 0 fully saturated rings. The van der Waals surface area contributed by atoms with E-state index in [1.165, 1.54) is 6.92 Å². The van der Waals surface area contributed by atoms with Gasteiger partial charge in [-0.05, 0) is 24.5 Å². The fraction of sp³-hybridized carbons (Fsp3) is 0.500. The van der Waals surface area contributed by atoms with Gasteiger partial charge in [-0.1, -0.05) is 38.5 Å². The van der Waals surface area contributed by atoms with E-state index in [-0.39, 0.29) is 24.3 Å². The van der Waals surface area contributed by atoms with Gasteiger partial charge in [-0.2, -0.15) is 0 Å². The average molecular weight is 359 g/mol. The van der Waals surface area contributed by atoms with Crippen molar-refractivity contribution in [2.75, 3.05) is 6.54 Å². The molecule has 4 N–H and O–H groups in total. The monoisotopic (exact) mass is 359 g/mol. The lowest BCUT2D eigenvalue weighted by molar-refractivity contribution is -0.129. The van der Waals surface area contributed by atoms with Crippen LogP contribution in [0.25, 0.3) is 10.9 Å². The summed E-state index contributed by atoms with van der Waals surface area (Å²) in [5.74, 6) is -0.511. The van der Waals surface area contributed by atoms with Crippen molar-refractivity contribution in [2.45, 2.75) is 52.2 Å². The molecule has 6 heteroatoms. The van der Waals surface area contributed by atoms with Gasteiger partial charge in [-0.3, -0.25) is 9.59 Å². The number of aromatic amines is 1. The van der Waals surface area contributed by atoms with E-state index in [1.54, 1.807) is 6.92 Å². The van der Waals surface area contributed by atoms with E-state index in [0.29, 0.717) is 6.42 Å². The number of hydrogen-bond acceptors (Lipinski definition) is 3. The smallest absolute Gasteiger partial charge is 0.243 e. The van der Waals surface area contributed by atoms with E-state index < -0.39 is 11.6 Å². The van der Waals surface area contributed by atoms with E-state index in [2.05, 4.69) is 15.6 Å². The van der Waals surface area contributed by atoms with Crippen LogP contribution in [0, 0.1) is 5.92 Å². The van der Waals surface area contributed by atoms with Crippen molar-refractivity contribution < 1.29 is 14.7 Å². The maximum Gasteiger partial charge on any atom is 0.243 e. The van der Waals surface area contributed by atoms with Crippen LogP contribution in [0.15, 0.2) is 30.5 Å². The Morgan fingerprint density at radius 3 is 2.65 bits per heavy atom. The van der Waals surface area contributed by atoms with Crippen LogP contribution in [-0.4, -0.2) is 40.1 Å². The van der Waals surface area contributed by atoms with E-state index in [4.69, 9.17) is 0 Å². The largest absolute Gasteiger partial charge is 0.388 e. The average Bonchev–Trinajstić information content (AvgIpc) is 3.01. The molecule has 0 saturated heterocycles. The first-order valence-electron chi connectivity index (χ1n) is 9.06. The van der Waals surface area contributed by atoms with Crippen LogP contribution in [-0.2, 0) is 16.0 Å². The molecule has 0 saturated carbocycles. The van der Waals surface area contributed by atoms with Crippen LogP contribution in [0.4, 0.5) is 0 Å². The molecule has 0 aliphatic carbocycles. The first kappa shape index (κ1) is 20.0. The van der Waals surface area contributed by atoms with E-state index in [1.807, 2.05) is 44.3 Å². The summed E-state index contributed by atoms with van der Waals surface area (Å²) >= 11 is 0. The second-order valence-corrected chi connectivity index (χ2v) is 7.20. The van der Waals surface area contributed by atoms with Crippen LogP contribution < -0.4 is 10.6 Å². The zero-order valence-corrected chi connectivity index (χ0v) is 15.9. The second kappa shape index (κ2) is 8.36. The third kappa shape index (κ3) is 4.85. The molecule has 6 nitrogen and oxygen atoms in total. The first-order chi connectivity index (χ1) is 12.2. The molecule has 1 aromatic heterocycles. The van der Waals surface area contributed by atoms with Gasteiger partial charge in [-0.25, -0.2) is 0 Å². The Kier molecular flexibility index (Phi) is 6.42. The van der Waals surface area contributed by atoms with Crippen molar-refractivity contribution in [1.82, 2.24) is 15.6 Å². The molecule has 3 atom stereocenters. The van der Waals surface area contributed by atoms with Gasteiger partial charge >= 0.3 is 0 Å².